The van der Waals surface area contributed by atoms with Gasteiger partial charge >= 0.3 is 0 Å². The zero-order valence-corrected chi connectivity index (χ0v) is 13.4. The van der Waals surface area contributed by atoms with Crippen molar-refractivity contribution in [3.63, 3.8) is 0 Å². The van der Waals surface area contributed by atoms with Crippen molar-refractivity contribution in [3.05, 3.63) is 48.2 Å². The smallest absolute Gasteiger partial charge is 0.243 e. The Morgan fingerprint density at radius 1 is 1.39 bits per heavy atom. The van der Waals surface area contributed by atoms with Crippen molar-refractivity contribution >= 4 is 20.9 Å². The minimum atomic E-state index is -3.58. The summed E-state index contributed by atoms with van der Waals surface area (Å²) in [4.78, 5) is 3.19. The molecule has 0 atom stereocenters. The molecule has 6 nitrogen and oxygen atoms in total. The summed E-state index contributed by atoms with van der Waals surface area (Å²) in [5.74, 6) is -0.314. The highest BCUT2D eigenvalue weighted by molar-refractivity contribution is 7.89. The van der Waals surface area contributed by atoms with Gasteiger partial charge in [0.15, 0.2) is 0 Å². The summed E-state index contributed by atoms with van der Waals surface area (Å²) >= 11 is 0. The molecule has 0 aliphatic rings. The molecule has 3 rings (SSSR count). The first kappa shape index (κ1) is 15.7. The molecule has 23 heavy (non-hydrogen) atoms. The van der Waals surface area contributed by atoms with Gasteiger partial charge in [0.1, 0.15) is 10.7 Å². The third kappa shape index (κ3) is 3.27. The van der Waals surface area contributed by atoms with Crippen LogP contribution < -0.4 is 4.72 Å². The lowest BCUT2D eigenvalue weighted by Gasteiger charge is -2.04. The van der Waals surface area contributed by atoms with Crippen LogP contribution in [-0.2, 0) is 23.0 Å². The minimum Gasteiger partial charge on any atom is -0.361 e. The van der Waals surface area contributed by atoms with Crippen molar-refractivity contribution in [3.8, 4) is 0 Å². The van der Waals surface area contributed by atoms with E-state index in [1.165, 1.54) is 24.5 Å². The minimum absolute atomic E-state index is 0.143. The van der Waals surface area contributed by atoms with Crippen LogP contribution >= 0.6 is 0 Å². The molecule has 2 aromatic heterocycles. The molecule has 8 heteroatoms. The van der Waals surface area contributed by atoms with Crippen LogP contribution in [0.25, 0.3) is 10.9 Å². The average Bonchev–Trinajstić information content (AvgIpc) is 3.14. The zero-order valence-electron chi connectivity index (χ0n) is 12.6. The van der Waals surface area contributed by atoms with Crippen LogP contribution in [0.1, 0.15) is 12.5 Å². The van der Waals surface area contributed by atoms with Crippen LogP contribution in [0, 0.1) is 5.82 Å². The van der Waals surface area contributed by atoms with E-state index >= 15 is 0 Å². The molecule has 1 aromatic carbocycles. The van der Waals surface area contributed by atoms with Crippen LogP contribution in [-0.4, -0.2) is 29.7 Å². The SMILES string of the molecule is CCn1cc(S(=O)(=O)NCCc2c[nH]c3ccc(F)cc23)cn1. The van der Waals surface area contributed by atoms with E-state index in [2.05, 4.69) is 14.8 Å². The lowest BCUT2D eigenvalue weighted by Crippen LogP contribution is -2.25. The molecular weight excluding hydrogens is 319 g/mol. The van der Waals surface area contributed by atoms with Gasteiger partial charge in [0.05, 0.1) is 6.20 Å². The number of aryl methyl sites for hydroxylation is 1. The predicted molar refractivity (Wildman–Crippen MR) is 85.1 cm³/mol. The molecule has 0 fully saturated rings. The van der Waals surface area contributed by atoms with E-state index in [0.29, 0.717) is 13.0 Å². The fourth-order valence-electron chi connectivity index (χ4n) is 2.42. The Balaban J connectivity index is 1.69. The van der Waals surface area contributed by atoms with Gasteiger partial charge in [-0.1, -0.05) is 0 Å². The average molecular weight is 336 g/mol. The van der Waals surface area contributed by atoms with Crippen molar-refractivity contribution in [2.75, 3.05) is 6.54 Å². The third-order valence-electron chi connectivity index (χ3n) is 3.66. The molecule has 0 saturated heterocycles. The number of nitrogens with one attached hydrogen (secondary N) is 2. The number of aromatic nitrogens is 3. The summed E-state index contributed by atoms with van der Waals surface area (Å²) in [5.41, 5.74) is 1.69. The molecule has 3 aromatic rings. The maximum atomic E-state index is 13.3. The van der Waals surface area contributed by atoms with Gasteiger partial charge in [-0.05, 0) is 37.1 Å². The highest BCUT2D eigenvalue weighted by Gasteiger charge is 2.16. The number of halogens is 1. The number of H-pyrrole nitrogens is 1. The van der Waals surface area contributed by atoms with Gasteiger partial charge in [-0.3, -0.25) is 4.68 Å². The van der Waals surface area contributed by atoms with Crippen molar-refractivity contribution < 1.29 is 12.8 Å². The fraction of sp³-hybridized carbons (Fsp3) is 0.267. The van der Waals surface area contributed by atoms with Gasteiger partial charge < -0.3 is 4.98 Å². The number of aromatic amines is 1. The quantitative estimate of drug-likeness (QED) is 0.723. The van der Waals surface area contributed by atoms with E-state index < -0.39 is 10.0 Å². The van der Waals surface area contributed by atoms with Crippen LogP contribution in [0.15, 0.2) is 41.7 Å². The number of fused-ring (bicyclic) bond motifs is 1. The summed E-state index contributed by atoms with van der Waals surface area (Å²) in [5, 5.41) is 4.73. The Bertz CT molecular complexity index is 930. The molecule has 0 spiro atoms. The summed E-state index contributed by atoms with van der Waals surface area (Å²) in [7, 11) is -3.58. The Morgan fingerprint density at radius 2 is 2.22 bits per heavy atom. The third-order valence-corrected chi connectivity index (χ3v) is 5.08. The Labute approximate surface area is 133 Å². The molecule has 0 aliphatic carbocycles. The number of hydrogen-bond acceptors (Lipinski definition) is 3. The first-order valence-corrected chi connectivity index (χ1v) is 8.75. The summed E-state index contributed by atoms with van der Waals surface area (Å²) < 4.78 is 41.8. The van der Waals surface area contributed by atoms with E-state index in [9.17, 15) is 12.8 Å². The zero-order chi connectivity index (χ0) is 16.4. The van der Waals surface area contributed by atoms with E-state index in [4.69, 9.17) is 0 Å². The molecule has 0 radical (unpaired) electrons. The predicted octanol–water partition coefficient (Wildman–Crippen LogP) is 2.04. The molecular formula is C15H17FN4O2S. The second kappa shape index (κ2) is 6.13. The summed E-state index contributed by atoms with van der Waals surface area (Å²) in [6.07, 6.45) is 5.05. The fourth-order valence-corrected chi connectivity index (χ4v) is 3.40. The maximum Gasteiger partial charge on any atom is 0.243 e. The van der Waals surface area contributed by atoms with Crippen molar-refractivity contribution in [1.82, 2.24) is 19.5 Å². The molecule has 0 aliphatic heterocycles. The lowest BCUT2D eigenvalue weighted by molar-refractivity contribution is 0.581. The largest absolute Gasteiger partial charge is 0.361 e. The molecule has 0 amide bonds. The van der Waals surface area contributed by atoms with Gasteiger partial charge in [0.2, 0.25) is 10.0 Å². The Hall–Kier alpha value is -2.19. The summed E-state index contributed by atoms with van der Waals surface area (Å²) in [6, 6.07) is 4.50. The standard InChI is InChI=1S/C15H17FN4O2S/c1-2-20-10-13(9-18-20)23(21,22)19-6-5-11-8-17-15-4-3-12(16)7-14(11)15/h3-4,7-10,17,19H,2,5-6H2,1H3. The summed E-state index contributed by atoms with van der Waals surface area (Å²) in [6.45, 7) is 2.71. The first-order valence-electron chi connectivity index (χ1n) is 7.27. The van der Waals surface area contributed by atoms with Crippen molar-refractivity contribution in [2.24, 2.45) is 0 Å². The lowest BCUT2D eigenvalue weighted by atomic mass is 10.1. The van der Waals surface area contributed by atoms with E-state index in [-0.39, 0.29) is 17.3 Å². The van der Waals surface area contributed by atoms with Crippen LogP contribution in [0.2, 0.25) is 0 Å². The van der Waals surface area contributed by atoms with Gasteiger partial charge in [-0.25, -0.2) is 17.5 Å². The maximum absolute atomic E-state index is 13.3. The van der Waals surface area contributed by atoms with Gasteiger partial charge in [-0.15, -0.1) is 0 Å². The van der Waals surface area contributed by atoms with Gasteiger partial charge in [-0.2, -0.15) is 5.10 Å². The molecule has 0 unspecified atom stereocenters. The van der Waals surface area contributed by atoms with Crippen molar-refractivity contribution in [1.29, 1.82) is 0 Å². The molecule has 122 valence electrons. The number of rotatable bonds is 6. The topological polar surface area (TPSA) is 79.8 Å². The van der Waals surface area contributed by atoms with Crippen LogP contribution in [0.3, 0.4) is 0 Å². The number of nitrogens with zero attached hydrogens (tertiary/aromatic N) is 2. The highest BCUT2D eigenvalue weighted by Crippen LogP contribution is 2.19. The van der Waals surface area contributed by atoms with Gasteiger partial charge in [0.25, 0.3) is 0 Å². The second-order valence-electron chi connectivity index (χ2n) is 5.18. The second-order valence-corrected chi connectivity index (χ2v) is 6.95. The molecule has 2 heterocycles. The Morgan fingerprint density at radius 3 is 2.96 bits per heavy atom. The van der Waals surface area contributed by atoms with E-state index in [1.54, 1.807) is 16.9 Å². The monoisotopic (exact) mass is 336 g/mol. The normalized spacial score (nSPS) is 12.1. The van der Waals surface area contributed by atoms with Crippen LogP contribution in [0.4, 0.5) is 4.39 Å². The first-order chi connectivity index (χ1) is 11.0. The molecule has 0 bridgehead atoms. The number of sulfonamides is 1. The van der Waals surface area contributed by atoms with Crippen molar-refractivity contribution in [2.45, 2.75) is 24.8 Å². The van der Waals surface area contributed by atoms with E-state index in [0.717, 1.165) is 16.5 Å². The molecule has 2 N–H and O–H groups in total. The highest BCUT2D eigenvalue weighted by atomic mass is 32.2. The Kier molecular flexibility index (Phi) is 4.18. The van der Waals surface area contributed by atoms with Gasteiger partial charge in [0, 0.05) is 36.4 Å². The van der Waals surface area contributed by atoms with Crippen LogP contribution in [0.5, 0.6) is 0 Å². The molecule has 0 saturated carbocycles. The number of hydrogen-bond donors (Lipinski definition) is 2. The number of benzene rings is 1. The van der Waals surface area contributed by atoms with E-state index in [1.807, 2.05) is 6.92 Å².